The average Bonchev–Trinajstić information content (AvgIpc) is 3.31. The Morgan fingerprint density at radius 1 is 1.09 bits per heavy atom. The van der Waals surface area contributed by atoms with Crippen molar-refractivity contribution >= 4 is 17.4 Å². The Labute approximate surface area is 200 Å². The SMILES string of the molecule is Cn1nccc1Nc1nccc(-c2cc3n4c(nnc4c2)[C@@H](Cn2cc(C4CC4)cn2)CCO3)n1. The third-order valence-corrected chi connectivity index (χ3v) is 6.70. The zero-order valence-electron chi connectivity index (χ0n) is 19.2. The van der Waals surface area contributed by atoms with E-state index in [1.54, 1.807) is 17.1 Å². The predicted molar refractivity (Wildman–Crippen MR) is 128 cm³/mol. The molecule has 0 spiro atoms. The third kappa shape index (κ3) is 3.69. The fourth-order valence-corrected chi connectivity index (χ4v) is 4.66. The number of rotatable bonds is 6. The number of nitrogens with zero attached hydrogens (tertiary/aromatic N) is 9. The molecule has 11 nitrogen and oxygen atoms in total. The van der Waals surface area contributed by atoms with E-state index in [0.29, 0.717) is 18.5 Å². The van der Waals surface area contributed by atoms with Crippen LogP contribution in [0.15, 0.2) is 49.1 Å². The molecule has 0 unspecified atom stereocenters. The summed E-state index contributed by atoms with van der Waals surface area (Å²) in [6.45, 7) is 1.35. The largest absolute Gasteiger partial charge is 0.478 e. The molecule has 1 aliphatic carbocycles. The normalized spacial score (nSPS) is 17.3. The van der Waals surface area contributed by atoms with Gasteiger partial charge in [-0.15, -0.1) is 10.2 Å². The molecule has 1 aliphatic heterocycles. The maximum Gasteiger partial charge on any atom is 0.228 e. The monoisotopic (exact) mass is 468 g/mol. The van der Waals surface area contributed by atoms with Crippen molar-refractivity contribution in [3.05, 3.63) is 60.4 Å². The van der Waals surface area contributed by atoms with Crippen LogP contribution in [-0.2, 0) is 13.6 Å². The lowest BCUT2D eigenvalue weighted by molar-refractivity contribution is 0.291. The molecule has 176 valence electrons. The van der Waals surface area contributed by atoms with Gasteiger partial charge in [-0.25, -0.2) is 14.4 Å². The smallest absolute Gasteiger partial charge is 0.228 e. The summed E-state index contributed by atoms with van der Waals surface area (Å²) in [5.74, 6) is 3.79. The van der Waals surface area contributed by atoms with Crippen LogP contribution >= 0.6 is 0 Å². The van der Waals surface area contributed by atoms with Gasteiger partial charge >= 0.3 is 0 Å². The van der Waals surface area contributed by atoms with Gasteiger partial charge < -0.3 is 10.1 Å². The van der Waals surface area contributed by atoms with Gasteiger partial charge in [-0.1, -0.05) is 0 Å². The Morgan fingerprint density at radius 2 is 2.03 bits per heavy atom. The molecule has 1 N–H and O–H groups in total. The molecule has 6 heterocycles. The van der Waals surface area contributed by atoms with Gasteiger partial charge in [0.15, 0.2) is 5.65 Å². The Bertz CT molecular complexity index is 1530. The molecule has 7 rings (SSSR count). The lowest BCUT2D eigenvalue weighted by Gasteiger charge is -2.12. The van der Waals surface area contributed by atoms with Gasteiger partial charge in [-0.3, -0.25) is 9.36 Å². The molecule has 2 aliphatic rings. The second-order valence-corrected chi connectivity index (χ2v) is 9.17. The van der Waals surface area contributed by atoms with Crippen molar-refractivity contribution in [2.75, 3.05) is 11.9 Å². The molecule has 0 saturated heterocycles. The lowest BCUT2D eigenvalue weighted by Crippen LogP contribution is -2.13. The Kier molecular flexibility index (Phi) is 4.54. The lowest BCUT2D eigenvalue weighted by atomic mass is 10.1. The van der Waals surface area contributed by atoms with E-state index in [0.717, 1.165) is 47.4 Å². The number of hydrogen-bond acceptors (Lipinski definition) is 8. The molecule has 1 saturated carbocycles. The molecular weight excluding hydrogens is 444 g/mol. The third-order valence-electron chi connectivity index (χ3n) is 6.70. The number of anilines is 2. The minimum absolute atomic E-state index is 0.165. The van der Waals surface area contributed by atoms with Crippen molar-refractivity contribution in [3.63, 3.8) is 0 Å². The quantitative estimate of drug-likeness (QED) is 0.404. The number of hydrogen-bond donors (Lipinski definition) is 1. The van der Waals surface area contributed by atoms with Gasteiger partial charge in [0.25, 0.3) is 0 Å². The molecule has 1 fully saturated rings. The van der Waals surface area contributed by atoms with E-state index in [9.17, 15) is 0 Å². The first kappa shape index (κ1) is 20.1. The molecule has 5 aromatic heterocycles. The van der Waals surface area contributed by atoms with Gasteiger partial charge in [0.1, 0.15) is 11.6 Å². The average molecular weight is 469 g/mol. The first-order valence-electron chi connectivity index (χ1n) is 11.8. The van der Waals surface area contributed by atoms with Crippen LogP contribution < -0.4 is 10.1 Å². The summed E-state index contributed by atoms with van der Waals surface area (Å²) in [4.78, 5) is 9.04. The van der Waals surface area contributed by atoms with E-state index in [1.165, 1.54) is 18.4 Å². The molecule has 0 aromatic carbocycles. The summed E-state index contributed by atoms with van der Waals surface area (Å²) < 4.78 is 12.0. The van der Waals surface area contributed by atoms with E-state index in [2.05, 4.69) is 36.9 Å². The summed E-state index contributed by atoms with van der Waals surface area (Å²) in [6, 6.07) is 7.73. The summed E-state index contributed by atoms with van der Waals surface area (Å²) in [5.41, 5.74) is 3.73. The van der Waals surface area contributed by atoms with Crippen LogP contribution in [0.25, 0.3) is 16.9 Å². The van der Waals surface area contributed by atoms with E-state index in [4.69, 9.17) is 9.72 Å². The van der Waals surface area contributed by atoms with Gasteiger partial charge in [0.2, 0.25) is 11.8 Å². The highest BCUT2D eigenvalue weighted by Crippen LogP contribution is 2.40. The Balaban J connectivity index is 1.20. The number of pyridine rings is 1. The van der Waals surface area contributed by atoms with Crippen LogP contribution in [0.4, 0.5) is 11.8 Å². The number of aromatic nitrogens is 9. The minimum atomic E-state index is 0.165. The van der Waals surface area contributed by atoms with Crippen molar-refractivity contribution < 1.29 is 4.74 Å². The van der Waals surface area contributed by atoms with E-state index >= 15 is 0 Å². The van der Waals surface area contributed by atoms with Gasteiger partial charge in [-0.2, -0.15) is 10.2 Å². The van der Waals surface area contributed by atoms with Gasteiger partial charge in [0.05, 0.1) is 31.2 Å². The minimum Gasteiger partial charge on any atom is -0.478 e. The van der Waals surface area contributed by atoms with Crippen molar-refractivity contribution in [3.8, 4) is 17.1 Å². The summed E-state index contributed by atoms with van der Waals surface area (Å²) in [5, 5.41) is 21.0. The van der Waals surface area contributed by atoms with Crippen LogP contribution in [-0.4, -0.2) is 50.7 Å². The highest BCUT2D eigenvalue weighted by atomic mass is 16.5. The molecule has 0 radical (unpaired) electrons. The maximum absolute atomic E-state index is 6.18. The highest BCUT2D eigenvalue weighted by molar-refractivity contribution is 5.67. The van der Waals surface area contributed by atoms with Crippen LogP contribution in [0.5, 0.6) is 5.88 Å². The topological polar surface area (TPSA) is 113 Å². The number of aryl methyl sites for hydroxylation is 1. The van der Waals surface area contributed by atoms with Crippen LogP contribution in [0.2, 0.25) is 0 Å². The Morgan fingerprint density at radius 3 is 2.89 bits per heavy atom. The van der Waals surface area contributed by atoms with Crippen LogP contribution in [0.3, 0.4) is 0 Å². The van der Waals surface area contributed by atoms with E-state index in [1.807, 2.05) is 46.6 Å². The van der Waals surface area contributed by atoms with Crippen molar-refractivity contribution in [2.45, 2.75) is 37.6 Å². The predicted octanol–water partition coefficient (Wildman–Crippen LogP) is 3.30. The van der Waals surface area contributed by atoms with Crippen LogP contribution in [0, 0.1) is 0 Å². The summed E-state index contributed by atoms with van der Waals surface area (Å²) in [6.07, 6.45) is 11.0. The highest BCUT2D eigenvalue weighted by Gasteiger charge is 2.28. The molecule has 1 atom stereocenters. The molecular formula is C24H24N10O. The first-order valence-corrected chi connectivity index (χ1v) is 11.8. The molecule has 11 heteroatoms. The van der Waals surface area contributed by atoms with Crippen LogP contribution in [0.1, 0.15) is 42.5 Å². The molecule has 0 amide bonds. The van der Waals surface area contributed by atoms with Gasteiger partial charge in [-0.05, 0) is 42.9 Å². The molecule has 5 aromatic rings. The Hall–Kier alpha value is -4.28. The second-order valence-electron chi connectivity index (χ2n) is 9.17. The first-order chi connectivity index (χ1) is 17.2. The maximum atomic E-state index is 6.18. The van der Waals surface area contributed by atoms with Crippen molar-refractivity contribution in [1.82, 2.24) is 44.1 Å². The fourth-order valence-electron chi connectivity index (χ4n) is 4.66. The molecule has 0 bridgehead atoms. The molecule has 35 heavy (non-hydrogen) atoms. The number of nitrogens with one attached hydrogen (secondary N) is 1. The van der Waals surface area contributed by atoms with Crippen molar-refractivity contribution in [2.24, 2.45) is 7.05 Å². The van der Waals surface area contributed by atoms with Gasteiger partial charge in [0, 0.05) is 43.1 Å². The second kappa shape index (κ2) is 7.90. The zero-order valence-corrected chi connectivity index (χ0v) is 19.2. The zero-order chi connectivity index (χ0) is 23.4. The van der Waals surface area contributed by atoms with Crippen molar-refractivity contribution in [1.29, 1.82) is 0 Å². The summed E-state index contributed by atoms with van der Waals surface area (Å²) >= 11 is 0. The van der Waals surface area contributed by atoms with E-state index < -0.39 is 0 Å². The number of ether oxygens (including phenoxy) is 1. The van der Waals surface area contributed by atoms with E-state index in [-0.39, 0.29) is 5.92 Å². The summed E-state index contributed by atoms with van der Waals surface area (Å²) in [7, 11) is 1.86. The standard InChI is InChI=1S/C24H24N10O/c1-32-20(5-8-26-32)29-24-25-7-4-19(28-24)17-10-21-30-31-23-16(6-9-35-22(11-17)34(21)23)13-33-14-18(12-27-33)15-2-3-15/h4-5,7-8,10-12,14-16H,2-3,6,9,13H2,1H3,(H,25,28,29)/t16-/m1/s1. The fraction of sp³-hybridized carbons (Fsp3) is 0.333.